The number of anilines is 1. The van der Waals surface area contributed by atoms with E-state index in [4.69, 9.17) is 4.98 Å². The molecule has 7 nitrogen and oxygen atoms in total. The molecule has 0 aliphatic rings. The van der Waals surface area contributed by atoms with Crippen LogP contribution in [-0.4, -0.2) is 61.2 Å². The second kappa shape index (κ2) is 13.0. The van der Waals surface area contributed by atoms with Gasteiger partial charge in [0.15, 0.2) is 5.13 Å². The van der Waals surface area contributed by atoms with E-state index in [1.807, 2.05) is 37.3 Å². The Kier molecular flexibility index (Phi) is 9.73. The van der Waals surface area contributed by atoms with Crippen molar-refractivity contribution >= 4 is 42.6 Å². The van der Waals surface area contributed by atoms with Crippen LogP contribution in [0.4, 0.5) is 5.13 Å². The number of aromatic nitrogens is 1. The molecule has 1 heterocycles. The van der Waals surface area contributed by atoms with E-state index in [0.717, 1.165) is 34.4 Å². The zero-order valence-corrected chi connectivity index (χ0v) is 25.6. The molecule has 0 N–H and O–H groups in total. The van der Waals surface area contributed by atoms with Gasteiger partial charge in [0.25, 0.3) is 5.91 Å². The van der Waals surface area contributed by atoms with Crippen LogP contribution >= 0.6 is 11.3 Å². The van der Waals surface area contributed by atoms with Crippen LogP contribution in [0.1, 0.15) is 47.8 Å². The maximum Gasteiger partial charge on any atom is 0.260 e. The number of amides is 1. The highest BCUT2D eigenvalue weighted by atomic mass is 32.2. The molecule has 1 aromatic heterocycles. The van der Waals surface area contributed by atoms with E-state index in [1.54, 1.807) is 17.0 Å². The predicted octanol–water partition coefficient (Wildman–Crippen LogP) is 6.11. The number of aryl methyl sites for hydroxylation is 2. The third-order valence-corrected chi connectivity index (χ3v) is 10.3. The first-order chi connectivity index (χ1) is 19.2. The zero-order valence-electron chi connectivity index (χ0n) is 23.9. The number of thiazole rings is 1. The van der Waals surface area contributed by atoms with Crippen LogP contribution in [0.15, 0.2) is 71.6 Å². The van der Waals surface area contributed by atoms with Crippen molar-refractivity contribution in [1.82, 2.24) is 14.2 Å². The number of carbonyl (C=O) groups is 1. The SMILES string of the molecule is CCN(CC)CCN(C(=O)c1ccc(S(=O)(=O)N(CC)Cc2ccccc2)cc1)c1nc2cc(C)c(C)cc2s1. The Morgan fingerprint density at radius 3 is 2.12 bits per heavy atom. The topological polar surface area (TPSA) is 73.8 Å². The Morgan fingerprint density at radius 2 is 1.50 bits per heavy atom. The monoisotopic (exact) mass is 578 g/mol. The van der Waals surface area contributed by atoms with Gasteiger partial charge in [0.1, 0.15) is 0 Å². The number of hydrogen-bond acceptors (Lipinski definition) is 6. The van der Waals surface area contributed by atoms with Crippen LogP contribution in [0.2, 0.25) is 0 Å². The highest BCUT2D eigenvalue weighted by Gasteiger charge is 2.26. The summed E-state index contributed by atoms with van der Waals surface area (Å²) in [4.78, 5) is 22.8. The van der Waals surface area contributed by atoms with Crippen molar-refractivity contribution in [2.75, 3.05) is 37.6 Å². The molecule has 0 bridgehead atoms. The Bertz CT molecular complexity index is 1510. The Labute approximate surface area is 242 Å². The normalized spacial score (nSPS) is 12.0. The van der Waals surface area contributed by atoms with E-state index >= 15 is 0 Å². The minimum atomic E-state index is -3.73. The van der Waals surface area contributed by atoms with E-state index in [0.29, 0.717) is 30.3 Å². The van der Waals surface area contributed by atoms with Gasteiger partial charge in [-0.05, 0) is 80.0 Å². The molecule has 0 fully saturated rings. The molecule has 1 amide bonds. The maximum atomic E-state index is 13.9. The number of carbonyl (C=O) groups excluding carboxylic acids is 1. The molecule has 0 spiro atoms. The summed E-state index contributed by atoms with van der Waals surface area (Å²) in [5.74, 6) is -0.194. The molecule has 9 heteroatoms. The fourth-order valence-electron chi connectivity index (χ4n) is 4.58. The van der Waals surface area contributed by atoms with Crippen molar-refractivity contribution in [1.29, 1.82) is 0 Å². The lowest BCUT2D eigenvalue weighted by atomic mass is 10.1. The summed E-state index contributed by atoms with van der Waals surface area (Å²) < 4.78 is 29.3. The number of hydrogen-bond donors (Lipinski definition) is 0. The molecule has 0 unspecified atom stereocenters. The fraction of sp³-hybridized carbons (Fsp3) is 0.355. The van der Waals surface area contributed by atoms with Crippen LogP contribution in [0, 0.1) is 13.8 Å². The van der Waals surface area contributed by atoms with Gasteiger partial charge in [0, 0.05) is 31.7 Å². The van der Waals surface area contributed by atoms with Crippen LogP contribution in [0.3, 0.4) is 0 Å². The second-order valence-electron chi connectivity index (χ2n) is 9.83. The van der Waals surface area contributed by atoms with Gasteiger partial charge in [-0.2, -0.15) is 4.31 Å². The summed E-state index contributed by atoms with van der Waals surface area (Å²) >= 11 is 1.51. The van der Waals surface area contributed by atoms with Gasteiger partial charge >= 0.3 is 0 Å². The molecule has 0 atom stereocenters. The highest BCUT2D eigenvalue weighted by Crippen LogP contribution is 2.32. The minimum Gasteiger partial charge on any atom is -0.302 e. The van der Waals surface area contributed by atoms with Crippen LogP contribution in [-0.2, 0) is 16.6 Å². The average Bonchev–Trinajstić information content (AvgIpc) is 3.36. The smallest absolute Gasteiger partial charge is 0.260 e. The lowest BCUT2D eigenvalue weighted by Gasteiger charge is -2.25. The molecular formula is C31H38N4O3S2. The summed E-state index contributed by atoms with van der Waals surface area (Å²) in [7, 11) is -3.73. The largest absolute Gasteiger partial charge is 0.302 e. The average molecular weight is 579 g/mol. The molecule has 4 aromatic rings. The van der Waals surface area contributed by atoms with E-state index in [9.17, 15) is 13.2 Å². The minimum absolute atomic E-state index is 0.169. The molecule has 0 aliphatic heterocycles. The van der Waals surface area contributed by atoms with Gasteiger partial charge < -0.3 is 4.90 Å². The van der Waals surface area contributed by atoms with E-state index in [1.165, 1.54) is 33.3 Å². The molecule has 0 aliphatic carbocycles. The number of benzene rings is 3. The van der Waals surface area contributed by atoms with E-state index < -0.39 is 10.0 Å². The van der Waals surface area contributed by atoms with Gasteiger partial charge in [-0.15, -0.1) is 0 Å². The van der Waals surface area contributed by atoms with Gasteiger partial charge in [-0.25, -0.2) is 13.4 Å². The van der Waals surface area contributed by atoms with Crippen molar-refractivity contribution < 1.29 is 13.2 Å². The number of sulfonamides is 1. The molecule has 0 radical (unpaired) electrons. The first-order valence-corrected chi connectivity index (χ1v) is 16.0. The van der Waals surface area contributed by atoms with Crippen LogP contribution < -0.4 is 4.90 Å². The zero-order chi connectivity index (χ0) is 28.9. The summed E-state index contributed by atoms with van der Waals surface area (Å²) in [6.45, 7) is 13.8. The third kappa shape index (κ3) is 6.61. The lowest BCUT2D eigenvalue weighted by Crippen LogP contribution is -2.39. The van der Waals surface area contributed by atoms with E-state index in [2.05, 4.69) is 44.7 Å². The van der Waals surface area contributed by atoms with Crippen molar-refractivity contribution in [2.45, 2.75) is 46.1 Å². The molecule has 4 rings (SSSR count). The lowest BCUT2D eigenvalue weighted by molar-refractivity contribution is 0.0983. The maximum absolute atomic E-state index is 13.9. The number of fused-ring (bicyclic) bond motifs is 1. The van der Waals surface area contributed by atoms with Gasteiger partial charge in [-0.1, -0.05) is 62.4 Å². The molecule has 0 saturated heterocycles. The third-order valence-electron chi connectivity index (χ3n) is 7.30. The molecule has 0 saturated carbocycles. The van der Waals surface area contributed by atoms with Crippen molar-refractivity contribution in [3.63, 3.8) is 0 Å². The number of likely N-dealkylation sites (N-methyl/N-ethyl adjacent to an activating group) is 1. The van der Waals surface area contributed by atoms with Gasteiger partial charge in [0.05, 0.1) is 15.1 Å². The molecule has 40 heavy (non-hydrogen) atoms. The second-order valence-corrected chi connectivity index (χ2v) is 12.8. The summed E-state index contributed by atoms with van der Waals surface area (Å²) in [5, 5.41) is 0.647. The van der Waals surface area contributed by atoms with Crippen molar-refractivity contribution in [2.24, 2.45) is 0 Å². The quantitative estimate of drug-likeness (QED) is 0.203. The van der Waals surface area contributed by atoms with Crippen LogP contribution in [0.25, 0.3) is 10.2 Å². The number of nitrogens with zero attached hydrogens (tertiary/aromatic N) is 4. The first kappa shape index (κ1) is 29.9. The molecule has 212 valence electrons. The summed E-state index contributed by atoms with van der Waals surface area (Å²) in [6.07, 6.45) is 0. The molecule has 3 aromatic carbocycles. The first-order valence-electron chi connectivity index (χ1n) is 13.7. The fourth-order valence-corrected chi connectivity index (χ4v) is 7.08. The Hall–Kier alpha value is -3.11. The van der Waals surface area contributed by atoms with Gasteiger partial charge in [0.2, 0.25) is 10.0 Å². The van der Waals surface area contributed by atoms with Crippen molar-refractivity contribution in [3.05, 3.63) is 89.0 Å². The van der Waals surface area contributed by atoms with Crippen molar-refractivity contribution in [3.8, 4) is 0 Å². The summed E-state index contributed by atoms with van der Waals surface area (Å²) in [6, 6.07) is 20.0. The highest BCUT2D eigenvalue weighted by molar-refractivity contribution is 7.89. The van der Waals surface area contributed by atoms with Gasteiger partial charge in [-0.3, -0.25) is 9.69 Å². The van der Waals surface area contributed by atoms with E-state index in [-0.39, 0.29) is 17.3 Å². The standard InChI is InChI=1S/C31H38N4O3S2/c1-6-33(7-2)18-19-35(31-32-28-20-23(4)24(5)21-29(28)39-31)30(36)26-14-16-27(17-15-26)40(37,38)34(8-3)22-25-12-10-9-11-13-25/h9-17,20-21H,6-8,18-19,22H2,1-5H3. The Balaban J connectivity index is 1.62. The Morgan fingerprint density at radius 1 is 0.850 bits per heavy atom. The van der Waals surface area contributed by atoms with Crippen LogP contribution in [0.5, 0.6) is 0 Å². The number of rotatable bonds is 12. The summed E-state index contributed by atoms with van der Waals surface area (Å²) in [5.41, 5.74) is 4.58. The molecular weight excluding hydrogens is 541 g/mol. The predicted molar refractivity (Wildman–Crippen MR) is 165 cm³/mol.